The molecule has 0 aliphatic carbocycles. The summed E-state index contributed by atoms with van der Waals surface area (Å²) in [6, 6.07) is 7.24. The average molecular weight is 332 g/mol. The Morgan fingerprint density at radius 3 is 2.58 bits per heavy atom. The van der Waals surface area contributed by atoms with Crippen LogP contribution in [-0.2, 0) is 16.1 Å². The number of carboxylic acids is 1. The lowest BCUT2D eigenvalue weighted by Crippen LogP contribution is -2.40. The van der Waals surface area contributed by atoms with E-state index in [4.69, 9.17) is 5.11 Å². The summed E-state index contributed by atoms with van der Waals surface area (Å²) < 4.78 is 0. The van der Waals surface area contributed by atoms with Crippen molar-refractivity contribution < 1.29 is 19.5 Å². The first-order valence-electron chi connectivity index (χ1n) is 8.30. The van der Waals surface area contributed by atoms with E-state index in [-0.39, 0.29) is 24.2 Å². The van der Waals surface area contributed by atoms with Crippen molar-refractivity contribution in [3.63, 3.8) is 0 Å². The minimum atomic E-state index is -0.784. The van der Waals surface area contributed by atoms with Crippen LogP contribution in [0, 0.1) is 5.92 Å². The summed E-state index contributed by atoms with van der Waals surface area (Å²) in [5.74, 6) is -0.622. The number of carboxylic acid groups (broad SMARTS) is 1. The molecule has 0 unspecified atom stereocenters. The Kier molecular flexibility index (Phi) is 6.35. The van der Waals surface area contributed by atoms with Crippen molar-refractivity contribution >= 4 is 17.8 Å². The minimum absolute atomic E-state index is 0.0129. The van der Waals surface area contributed by atoms with Crippen molar-refractivity contribution in [1.82, 2.24) is 10.2 Å². The van der Waals surface area contributed by atoms with Gasteiger partial charge in [0, 0.05) is 38.5 Å². The first-order chi connectivity index (χ1) is 11.5. The highest BCUT2D eigenvalue weighted by atomic mass is 16.4. The van der Waals surface area contributed by atoms with Crippen molar-refractivity contribution in [2.45, 2.75) is 39.2 Å². The monoisotopic (exact) mass is 332 g/mol. The second kappa shape index (κ2) is 8.47. The Labute approximate surface area is 141 Å². The molecule has 24 heavy (non-hydrogen) atoms. The van der Waals surface area contributed by atoms with Gasteiger partial charge in [-0.15, -0.1) is 0 Å². The molecule has 0 bridgehead atoms. The normalized spacial score (nSPS) is 17.4. The summed E-state index contributed by atoms with van der Waals surface area (Å²) in [4.78, 5) is 36.0. The Morgan fingerprint density at radius 1 is 1.25 bits per heavy atom. The van der Waals surface area contributed by atoms with Crippen molar-refractivity contribution in [2.75, 3.05) is 13.1 Å². The molecule has 1 fully saturated rings. The smallest absolute Gasteiger partial charge is 0.303 e. The predicted molar refractivity (Wildman–Crippen MR) is 89.5 cm³/mol. The van der Waals surface area contributed by atoms with Crippen LogP contribution in [0.3, 0.4) is 0 Å². The number of hydrogen-bond donors (Lipinski definition) is 2. The summed E-state index contributed by atoms with van der Waals surface area (Å²) in [5.41, 5.74) is 1.57. The molecule has 2 rings (SSSR count). The Balaban J connectivity index is 1.92. The predicted octanol–water partition coefficient (Wildman–Crippen LogP) is 2.04. The van der Waals surface area contributed by atoms with E-state index >= 15 is 0 Å². The third kappa shape index (κ3) is 5.37. The minimum Gasteiger partial charge on any atom is -0.481 e. The fourth-order valence-electron chi connectivity index (χ4n) is 2.99. The summed E-state index contributed by atoms with van der Waals surface area (Å²) >= 11 is 0. The lowest BCUT2D eigenvalue weighted by atomic mass is 9.93. The fraction of sp³-hybridized carbons (Fsp3) is 0.500. The second-order valence-electron chi connectivity index (χ2n) is 6.30. The third-order valence-corrected chi connectivity index (χ3v) is 4.31. The standard InChI is InChI=1S/C18H24N2O4/c1-13(21)19-11-14-4-7-16(8-5-14)18(24)20-10-2-3-15(12-20)6-9-17(22)23/h4-5,7-8,15H,2-3,6,9-12H2,1H3,(H,19,21)(H,22,23)/t15-/m1/s1. The summed E-state index contributed by atoms with van der Waals surface area (Å²) in [6.07, 6.45) is 2.67. The van der Waals surface area contributed by atoms with Crippen molar-refractivity contribution in [2.24, 2.45) is 5.92 Å². The Morgan fingerprint density at radius 2 is 1.96 bits per heavy atom. The van der Waals surface area contributed by atoms with Gasteiger partial charge < -0.3 is 15.3 Å². The highest BCUT2D eigenvalue weighted by molar-refractivity contribution is 5.94. The van der Waals surface area contributed by atoms with E-state index in [0.717, 1.165) is 24.9 Å². The van der Waals surface area contributed by atoms with Gasteiger partial charge in [-0.1, -0.05) is 12.1 Å². The lowest BCUT2D eigenvalue weighted by molar-refractivity contribution is -0.137. The summed E-state index contributed by atoms with van der Waals surface area (Å²) in [6.45, 7) is 3.26. The SMILES string of the molecule is CC(=O)NCc1ccc(C(=O)N2CCC[C@H](CCC(=O)O)C2)cc1. The molecule has 6 heteroatoms. The number of aliphatic carboxylic acids is 1. The van der Waals surface area contributed by atoms with E-state index in [2.05, 4.69) is 5.32 Å². The molecule has 2 N–H and O–H groups in total. The topological polar surface area (TPSA) is 86.7 Å². The van der Waals surface area contributed by atoms with Gasteiger partial charge in [0.2, 0.25) is 5.91 Å². The molecule has 130 valence electrons. The lowest BCUT2D eigenvalue weighted by Gasteiger charge is -2.32. The van der Waals surface area contributed by atoms with Gasteiger partial charge in [-0.25, -0.2) is 0 Å². The fourth-order valence-corrected chi connectivity index (χ4v) is 2.99. The van der Waals surface area contributed by atoms with Gasteiger partial charge in [0.1, 0.15) is 0 Å². The number of carbonyl (C=O) groups is 3. The Bertz CT molecular complexity index is 598. The maximum absolute atomic E-state index is 12.6. The van der Waals surface area contributed by atoms with E-state index in [1.807, 2.05) is 17.0 Å². The Hall–Kier alpha value is -2.37. The number of nitrogens with zero attached hydrogens (tertiary/aromatic N) is 1. The second-order valence-corrected chi connectivity index (χ2v) is 6.30. The quantitative estimate of drug-likeness (QED) is 0.834. The van der Waals surface area contributed by atoms with Gasteiger partial charge in [-0.3, -0.25) is 14.4 Å². The molecule has 1 aromatic carbocycles. The largest absolute Gasteiger partial charge is 0.481 e. The van der Waals surface area contributed by atoms with Crippen LogP contribution in [0.15, 0.2) is 24.3 Å². The third-order valence-electron chi connectivity index (χ3n) is 4.31. The molecular weight excluding hydrogens is 308 g/mol. The van der Waals surface area contributed by atoms with E-state index < -0.39 is 5.97 Å². The van der Waals surface area contributed by atoms with Crippen LogP contribution in [0.4, 0.5) is 0 Å². The number of likely N-dealkylation sites (tertiary alicyclic amines) is 1. The van der Waals surface area contributed by atoms with Gasteiger partial charge in [-0.05, 0) is 42.9 Å². The van der Waals surface area contributed by atoms with Crippen LogP contribution in [0.2, 0.25) is 0 Å². The van der Waals surface area contributed by atoms with E-state index in [1.54, 1.807) is 12.1 Å². The van der Waals surface area contributed by atoms with Crippen LogP contribution >= 0.6 is 0 Å². The molecule has 1 heterocycles. The van der Waals surface area contributed by atoms with Gasteiger partial charge in [-0.2, -0.15) is 0 Å². The molecule has 6 nitrogen and oxygen atoms in total. The first kappa shape index (κ1) is 18.0. The first-order valence-corrected chi connectivity index (χ1v) is 8.30. The van der Waals surface area contributed by atoms with Crippen molar-refractivity contribution in [3.8, 4) is 0 Å². The van der Waals surface area contributed by atoms with E-state index in [9.17, 15) is 14.4 Å². The molecule has 1 aromatic rings. The average Bonchev–Trinajstić information content (AvgIpc) is 2.58. The molecule has 1 saturated heterocycles. The van der Waals surface area contributed by atoms with Crippen LogP contribution in [0.25, 0.3) is 0 Å². The van der Waals surface area contributed by atoms with Gasteiger partial charge in [0.15, 0.2) is 0 Å². The summed E-state index contributed by atoms with van der Waals surface area (Å²) in [7, 11) is 0. The molecule has 0 radical (unpaired) electrons. The molecule has 2 amide bonds. The number of piperidine rings is 1. The van der Waals surface area contributed by atoms with Crippen LogP contribution in [-0.4, -0.2) is 40.9 Å². The number of nitrogens with one attached hydrogen (secondary N) is 1. The van der Waals surface area contributed by atoms with Gasteiger partial charge >= 0.3 is 5.97 Å². The molecule has 1 aliphatic heterocycles. The molecule has 0 aromatic heterocycles. The number of hydrogen-bond acceptors (Lipinski definition) is 3. The number of rotatable bonds is 6. The number of amides is 2. The highest BCUT2D eigenvalue weighted by Gasteiger charge is 2.24. The van der Waals surface area contributed by atoms with Crippen molar-refractivity contribution in [3.05, 3.63) is 35.4 Å². The van der Waals surface area contributed by atoms with Crippen LogP contribution < -0.4 is 5.32 Å². The number of benzene rings is 1. The molecule has 1 aliphatic rings. The van der Waals surface area contributed by atoms with Crippen LogP contribution in [0.1, 0.15) is 48.5 Å². The van der Waals surface area contributed by atoms with E-state index in [1.165, 1.54) is 6.92 Å². The summed E-state index contributed by atoms with van der Waals surface area (Å²) in [5, 5.41) is 11.5. The zero-order valence-corrected chi connectivity index (χ0v) is 14.0. The zero-order chi connectivity index (χ0) is 17.5. The van der Waals surface area contributed by atoms with Gasteiger partial charge in [0.05, 0.1) is 0 Å². The zero-order valence-electron chi connectivity index (χ0n) is 14.0. The molecule has 0 saturated carbocycles. The number of carbonyl (C=O) groups excluding carboxylic acids is 2. The van der Waals surface area contributed by atoms with Crippen molar-refractivity contribution in [1.29, 1.82) is 0 Å². The maximum atomic E-state index is 12.6. The molecule has 0 spiro atoms. The maximum Gasteiger partial charge on any atom is 0.303 e. The van der Waals surface area contributed by atoms with E-state index in [0.29, 0.717) is 25.1 Å². The van der Waals surface area contributed by atoms with Crippen LogP contribution in [0.5, 0.6) is 0 Å². The molecule has 1 atom stereocenters. The highest BCUT2D eigenvalue weighted by Crippen LogP contribution is 2.22. The molecular formula is C18H24N2O4. The van der Waals surface area contributed by atoms with Gasteiger partial charge in [0.25, 0.3) is 5.91 Å².